The van der Waals surface area contributed by atoms with E-state index >= 15 is 0 Å². The Balaban J connectivity index is 1.58. The van der Waals surface area contributed by atoms with Crippen molar-refractivity contribution in [2.45, 2.75) is 32.6 Å². The number of esters is 1. The van der Waals surface area contributed by atoms with Crippen LogP contribution in [0.5, 0.6) is 0 Å². The Bertz CT molecular complexity index is 661. The standard InChI is InChI=1S/C19H24N2O4/c1-2-25-19(24)15-5-3-4-6-16(15)20-17(22)13-9-11-21(12-10-13)18(23)14-7-8-14/h3-6,13-14H,2,7-12H2,1H3,(H,20,22). The van der Waals surface area contributed by atoms with E-state index in [1.165, 1.54) is 0 Å². The monoisotopic (exact) mass is 344 g/mol. The summed E-state index contributed by atoms with van der Waals surface area (Å²) in [7, 11) is 0. The average Bonchev–Trinajstić information content (AvgIpc) is 3.47. The molecule has 6 heteroatoms. The molecule has 1 heterocycles. The number of benzene rings is 1. The fourth-order valence-electron chi connectivity index (χ4n) is 3.16. The van der Waals surface area contributed by atoms with Crippen molar-refractivity contribution in [3.05, 3.63) is 29.8 Å². The summed E-state index contributed by atoms with van der Waals surface area (Å²) in [5.41, 5.74) is 0.835. The lowest BCUT2D eigenvalue weighted by atomic mass is 9.95. The van der Waals surface area contributed by atoms with Crippen LogP contribution in [0.1, 0.15) is 43.0 Å². The van der Waals surface area contributed by atoms with Gasteiger partial charge in [-0.05, 0) is 44.7 Å². The molecule has 0 bridgehead atoms. The number of nitrogens with zero attached hydrogens (tertiary/aromatic N) is 1. The molecule has 1 aliphatic heterocycles. The highest BCUT2D eigenvalue weighted by Crippen LogP contribution is 2.32. The fourth-order valence-corrected chi connectivity index (χ4v) is 3.16. The quantitative estimate of drug-likeness (QED) is 0.833. The lowest BCUT2D eigenvalue weighted by Gasteiger charge is -2.31. The van der Waals surface area contributed by atoms with E-state index in [0.29, 0.717) is 37.2 Å². The van der Waals surface area contributed by atoms with Crippen LogP contribution in [0.4, 0.5) is 5.69 Å². The Kier molecular flexibility index (Phi) is 5.36. The maximum absolute atomic E-state index is 12.6. The van der Waals surface area contributed by atoms with Crippen LogP contribution in [0.2, 0.25) is 0 Å². The minimum absolute atomic E-state index is 0.102. The molecule has 1 aromatic rings. The van der Waals surface area contributed by atoms with Crippen molar-refractivity contribution in [1.82, 2.24) is 4.90 Å². The Labute approximate surface area is 147 Å². The Morgan fingerprint density at radius 3 is 2.40 bits per heavy atom. The minimum Gasteiger partial charge on any atom is -0.462 e. The van der Waals surface area contributed by atoms with Crippen molar-refractivity contribution < 1.29 is 19.1 Å². The zero-order chi connectivity index (χ0) is 17.8. The highest BCUT2D eigenvalue weighted by Gasteiger charge is 2.36. The van der Waals surface area contributed by atoms with Crippen molar-refractivity contribution in [3.63, 3.8) is 0 Å². The smallest absolute Gasteiger partial charge is 0.340 e. The van der Waals surface area contributed by atoms with Crippen molar-refractivity contribution in [2.24, 2.45) is 11.8 Å². The first-order valence-corrected chi connectivity index (χ1v) is 8.96. The van der Waals surface area contributed by atoms with Crippen LogP contribution in [0.15, 0.2) is 24.3 Å². The van der Waals surface area contributed by atoms with Gasteiger partial charge < -0.3 is 15.0 Å². The molecule has 0 unspecified atom stereocenters. The van der Waals surface area contributed by atoms with Gasteiger partial charge in [0.25, 0.3) is 0 Å². The number of anilines is 1. The second-order valence-corrected chi connectivity index (χ2v) is 6.63. The molecule has 1 aliphatic carbocycles. The predicted octanol–water partition coefficient (Wildman–Crippen LogP) is 2.45. The number of carbonyl (C=O) groups excluding carboxylic acids is 3. The first-order valence-electron chi connectivity index (χ1n) is 8.96. The number of carbonyl (C=O) groups is 3. The summed E-state index contributed by atoms with van der Waals surface area (Å²) in [6.45, 7) is 3.30. The van der Waals surface area contributed by atoms with E-state index in [1.54, 1.807) is 31.2 Å². The molecule has 2 amide bonds. The molecule has 6 nitrogen and oxygen atoms in total. The third-order valence-electron chi connectivity index (χ3n) is 4.78. The molecule has 134 valence electrons. The molecule has 25 heavy (non-hydrogen) atoms. The zero-order valence-electron chi connectivity index (χ0n) is 14.5. The van der Waals surface area contributed by atoms with E-state index in [9.17, 15) is 14.4 Å². The van der Waals surface area contributed by atoms with Gasteiger partial charge in [0.1, 0.15) is 0 Å². The van der Waals surface area contributed by atoms with Gasteiger partial charge in [0.2, 0.25) is 11.8 Å². The summed E-state index contributed by atoms with van der Waals surface area (Å²) in [6, 6.07) is 6.86. The molecule has 1 saturated carbocycles. The largest absolute Gasteiger partial charge is 0.462 e. The molecule has 1 N–H and O–H groups in total. The van der Waals surface area contributed by atoms with E-state index in [0.717, 1.165) is 12.8 Å². The molecule has 3 rings (SSSR count). The van der Waals surface area contributed by atoms with Crippen molar-refractivity contribution in [1.29, 1.82) is 0 Å². The van der Waals surface area contributed by atoms with Crippen LogP contribution >= 0.6 is 0 Å². The Hall–Kier alpha value is -2.37. The Morgan fingerprint density at radius 2 is 1.76 bits per heavy atom. The number of hydrogen-bond donors (Lipinski definition) is 1. The maximum Gasteiger partial charge on any atom is 0.340 e. The number of nitrogens with one attached hydrogen (secondary N) is 1. The normalized spacial score (nSPS) is 17.9. The van der Waals surface area contributed by atoms with Crippen molar-refractivity contribution in [3.8, 4) is 0 Å². The van der Waals surface area contributed by atoms with Crippen LogP contribution in [0.3, 0.4) is 0 Å². The van der Waals surface area contributed by atoms with Gasteiger partial charge in [0.15, 0.2) is 0 Å². The van der Waals surface area contributed by atoms with Crippen LogP contribution in [0, 0.1) is 11.8 Å². The van der Waals surface area contributed by atoms with Crippen LogP contribution < -0.4 is 5.32 Å². The van der Waals surface area contributed by atoms with E-state index in [1.807, 2.05) is 4.90 Å². The first-order chi connectivity index (χ1) is 12.1. The molecule has 1 saturated heterocycles. The molecule has 0 aromatic heterocycles. The number of hydrogen-bond acceptors (Lipinski definition) is 4. The van der Waals surface area contributed by atoms with E-state index < -0.39 is 5.97 Å². The molecular formula is C19H24N2O4. The zero-order valence-corrected chi connectivity index (χ0v) is 14.5. The van der Waals surface area contributed by atoms with Gasteiger partial charge in [0.05, 0.1) is 17.9 Å². The van der Waals surface area contributed by atoms with Gasteiger partial charge in [-0.1, -0.05) is 12.1 Å². The van der Waals surface area contributed by atoms with Gasteiger partial charge in [-0.25, -0.2) is 4.79 Å². The molecular weight excluding hydrogens is 320 g/mol. The fraction of sp³-hybridized carbons (Fsp3) is 0.526. The number of piperidine rings is 1. The third kappa shape index (κ3) is 4.18. The topological polar surface area (TPSA) is 75.7 Å². The molecule has 0 atom stereocenters. The summed E-state index contributed by atoms with van der Waals surface area (Å²) < 4.78 is 5.03. The molecule has 0 spiro atoms. The second-order valence-electron chi connectivity index (χ2n) is 6.63. The molecule has 1 aromatic carbocycles. The summed E-state index contributed by atoms with van der Waals surface area (Å²) in [5.74, 6) is -0.217. The van der Waals surface area contributed by atoms with Crippen molar-refractivity contribution in [2.75, 3.05) is 25.0 Å². The van der Waals surface area contributed by atoms with Crippen LogP contribution in [-0.4, -0.2) is 42.4 Å². The van der Waals surface area contributed by atoms with E-state index in [-0.39, 0.29) is 30.3 Å². The summed E-state index contributed by atoms with van der Waals surface area (Å²) in [4.78, 5) is 38.5. The number of amides is 2. The predicted molar refractivity (Wildman–Crippen MR) is 93.1 cm³/mol. The van der Waals surface area contributed by atoms with E-state index in [2.05, 4.69) is 5.32 Å². The summed E-state index contributed by atoms with van der Waals surface area (Å²) in [6.07, 6.45) is 3.32. The summed E-state index contributed by atoms with van der Waals surface area (Å²) in [5, 5.41) is 2.86. The minimum atomic E-state index is -0.441. The molecule has 2 aliphatic rings. The number of rotatable bonds is 5. The first kappa shape index (κ1) is 17.5. The second kappa shape index (κ2) is 7.68. The van der Waals surface area contributed by atoms with Crippen LogP contribution in [0.25, 0.3) is 0 Å². The highest BCUT2D eigenvalue weighted by molar-refractivity contribution is 6.01. The average molecular weight is 344 g/mol. The number of para-hydroxylation sites is 1. The van der Waals surface area contributed by atoms with Gasteiger partial charge in [0, 0.05) is 24.9 Å². The lowest BCUT2D eigenvalue weighted by Crippen LogP contribution is -2.42. The highest BCUT2D eigenvalue weighted by atomic mass is 16.5. The van der Waals surface area contributed by atoms with Gasteiger partial charge in [-0.2, -0.15) is 0 Å². The Morgan fingerprint density at radius 1 is 1.08 bits per heavy atom. The van der Waals surface area contributed by atoms with Gasteiger partial charge in [-0.15, -0.1) is 0 Å². The van der Waals surface area contributed by atoms with Crippen LogP contribution in [-0.2, 0) is 14.3 Å². The lowest BCUT2D eigenvalue weighted by molar-refractivity contribution is -0.135. The molecule has 0 radical (unpaired) electrons. The SMILES string of the molecule is CCOC(=O)c1ccccc1NC(=O)C1CCN(C(=O)C2CC2)CC1. The summed E-state index contributed by atoms with van der Waals surface area (Å²) >= 11 is 0. The van der Waals surface area contributed by atoms with Gasteiger partial charge in [-0.3, -0.25) is 9.59 Å². The van der Waals surface area contributed by atoms with Gasteiger partial charge >= 0.3 is 5.97 Å². The van der Waals surface area contributed by atoms with Crippen molar-refractivity contribution >= 4 is 23.5 Å². The number of likely N-dealkylation sites (tertiary alicyclic amines) is 1. The third-order valence-corrected chi connectivity index (χ3v) is 4.78. The van der Waals surface area contributed by atoms with E-state index in [4.69, 9.17) is 4.74 Å². The molecule has 2 fully saturated rings. The number of ether oxygens (including phenoxy) is 1. The maximum atomic E-state index is 12.6.